The van der Waals surface area contributed by atoms with Gasteiger partial charge in [-0.3, -0.25) is 9.59 Å². The van der Waals surface area contributed by atoms with Crippen LogP contribution in [0.5, 0.6) is 5.75 Å². The van der Waals surface area contributed by atoms with Crippen LogP contribution < -0.4 is 4.74 Å². The van der Waals surface area contributed by atoms with Crippen molar-refractivity contribution in [1.82, 2.24) is 9.80 Å². The van der Waals surface area contributed by atoms with Crippen molar-refractivity contribution in [2.75, 3.05) is 19.7 Å². The first-order valence-corrected chi connectivity index (χ1v) is 13.5. The van der Waals surface area contributed by atoms with E-state index in [0.717, 1.165) is 18.6 Å². The number of nitrogens with zero attached hydrogens (tertiary/aromatic N) is 2. The van der Waals surface area contributed by atoms with Crippen LogP contribution in [-0.2, 0) is 16.0 Å². The molecular weight excluding hydrogens is 444 g/mol. The van der Waals surface area contributed by atoms with Crippen molar-refractivity contribution in [3.05, 3.63) is 51.7 Å². The Morgan fingerprint density at radius 1 is 1.12 bits per heavy atom. The Hall–Kier alpha value is -2.34. The highest BCUT2D eigenvalue weighted by atomic mass is 32.1. The molecular formula is C28H40N2O3S. The quantitative estimate of drug-likeness (QED) is 0.412. The maximum atomic E-state index is 13.6. The van der Waals surface area contributed by atoms with Gasteiger partial charge in [-0.2, -0.15) is 0 Å². The van der Waals surface area contributed by atoms with Gasteiger partial charge in [0.15, 0.2) is 0 Å². The molecule has 186 valence electrons. The van der Waals surface area contributed by atoms with Crippen molar-refractivity contribution in [3.8, 4) is 5.75 Å². The summed E-state index contributed by atoms with van der Waals surface area (Å²) in [4.78, 5) is 31.5. The molecule has 2 amide bonds. The molecule has 6 heteroatoms. The van der Waals surface area contributed by atoms with Crippen molar-refractivity contribution in [2.45, 2.75) is 78.8 Å². The molecule has 1 aliphatic rings. The lowest BCUT2D eigenvalue weighted by Crippen LogP contribution is -2.50. The average molecular weight is 485 g/mol. The van der Waals surface area contributed by atoms with E-state index in [-0.39, 0.29) is 36.4 Å². The largest absolute Gasteiger partial charge is 0.491 e. The van der Waals surface area contributed by atoms with Gasteiger partial charge in [0.25, 0.3) is 0 Å². The Morgan fingerprint density at radius 2 is 1.82 bits per heavy atom. The summed E-state index contributed by atoms with van der Waals surface area (Å²) in [5, 5.41) is 2.10. The van der Waals surface area contributed by atoms with Crippen LogP contribution in [0.25, 0.3) is 0 Å². The second-order valence-electron chi connectivity index (χ2n) is 10.1. The molecule has 0 N–H and O–H groups in total. The minimum Gasteiger partial charge on any atom is -0.491 e. The van der Waals surface area contributed by atoms with Crippen LogP contribution in [0, 0.1) is 5.92 Å². The maximum Gasteiger partial charge on any atom is 0.242 e. The molecule has 0 saturated heterocycles. The van der Waals surface area contributed by atoms with E-state index >= 15 is 0 Å². The molecule has 5 nitrogen and oxygen atoms in total. The number of hydrogen-bond acceptors (Lipinski definition) is 4. The lowest BCUT2D eigenvalue weighted by molar-refractivity contribution is -0.144. The highest BCUT2D eigenvalue weighted by Gasteiger charge is 2.34. The van der Waals surface area contributed by atoms with Crippen molar-refractivity contribution in [2.24, 2.45) is 5.92 Å². The SMILES string of the molecule is CC[C@H](C)N(CC(=O)N1CCc2sccc2[C@@H]1COc1ccc(C(C)C)cc1)C(=O)CC(C)C. The number of amides is 2. The molecule has 0 radical (unpaired) electrons. The van der Waals surface area contributed by atoms with Crippen LogP contribution in [-0.4, -0.2) is 47.4 Å². The van der Waals surface area contributed by atoms with E-state index in [2.05, 4.69) is 44.4 Å². The molecule has 0 aliphatic carbocycles. The van der Waals surface area contributed by atoms with E-state index < -0.39 is 0 Å². The number of thiophene rings is 1. The molecule has 0 saturated carbocycles. The molecule has 2 heterocycles. The summed E-state index contributed by atoms with van der Waals surface area (Å²) in [6, 6.07) is 10.2. The number of fused-ring (bicyclic) bond motifs is 1. The number of carbonyl (C=O) groups excluding carboxylic acids is 2. The molecule has 3 rings (SSSR count). The smallest absolute Gasteiger partial charge is 0.242 e. The topological polar surface area (TPSA) is 49.9 Å². The van der Waals surface area contributed by atoms with E-state index in [0.29, 0.717) is 25.5 Å². The van der Waals surface area contributed by atoms with Crippen LogP contribution >= 0.6 is 11.3 Å². The first kappa shape index (κ1) is 26.3. The third-order valence-corrected chi connectivity index (χ3v) is 7.70. The standard InChI is InChI=1S/C28H40N2O3S/c1-7-21(6)30(27(31)16-19(2)3)17-28(32)29-14-12-26-24(13-15-34-26)25(29)18-33-23-10-8-22(9-11-23)20(4)5/h8-11,13,15,19-21,25H,7,12,14,16-18H2,1-6H3/t21-,25-/m0/s1. The van der Waals surface area contributed by atoms with Crippen LogP contribution in [0.1, 0.15) is 82.3 Å². The van der Waals surface area contributed by atoms with E-state index in [9.17, 15) is 9.59 Å². The second kappa shape index (κ2) is 11.9. The molecule has 1 aliphatic heterocycles. The maximum absolute atomic E-state index is 13.6. The van der Waals surface area contributed by atoms with Crippen LogP contribution in [0.3, 0.4) is 0 Å². The lowest BCUT2D eigenvalue weighted by atomic mass is 10.00. The first-order valence-electron chi connectivity index (χ1n) is 12.6. The second-order valence-corrected chi connectivity index (χ2v) is 11.1. The predicted molar refractivity (Wildman–Crippen MR) is 139 cm³/mol. The van der Waals surface area contributed by atoms with E-state index in [1.807, 2.05) is 37.8 Å². The van der Waals surface area contributed by atoms with E-state index in [1.165, 1.54) is 16.0 Å². The Bertz CT molecular complexity index is 951. The van der Waals surface area contributed by atoms with Gasteiger partial charge in [-0.15, -0.1) is 11.3 Å². The molecule has 0 bridgehead atoms. The fourth-order valence-electron chi connectivity index (χ4n) is 4.41. The zero-order chi connectivity index (χ0) is 24.8. The molecule has 0 unspecified atom stereocenters. The fourth-order valence-corrected chi connectivity index (χ4v) is 5.34. The number of hydrogen-bond donors (Lipinski definition) is 0. The monoisotopic (exact) mass is 484 g/mol. The molecule has 0 fully saturated rings. The summed E-state index contributed by atoms with van der Waals surface area (Å²) in [6.07, 6.45) is 2.14. The highest BCUT2D eigenvalue weighted by Crippen LogP contribution is 2.34. The van der Waals surface area contributed by atoms with Gasteiger partial charge < -0.3 is 14.5 Å². The van der Waals surface area contributed by atoms with Gasteiger partial charge >= 0.3 is 0 Å². The van der Waals surface area contributed by atoms with Gasteiger partial charge in [0.2, 0.25) is 11.8 Å². The molecule has 1 aromatic heterocycles. The van der Waals surface area contributed by atoms with Gasteiger partial charge in [0, 0.05) is 23.9 Å². The average Bonchev–Trinajstić information content (AvgIpc) is 3.29. The fraction of sp³-hybridized carbons (Fsp3) is 0.571. The summed E-state index contributed by atoms with van der Waals surface area (Å²) in [7, 11) is 0. The molecule has 34 heavy (non-hydrogen) atoms. The predicted octanol–water partition coefficient (Wildman–Crippen LogP) is 6.05. The molecule has 1 aromatic carbocycles. The van der Waals surface area contributed by atoms with Gasteiger partial charge in [-0.1, -0.05) is 46.8 Å². The Balaban J connectivity index is 1.76. The zero-order valence-electron chi connectivity index (χ0n) is 21.5. The van der Waals surface area contributed by atoms with Gasteiger partial charge in [0.1, 0.15) is 18.9 Å². The number of benzene rings is 1. The summed E-state index contributed by atoms with van der Waals surface area (Å²) in [5.74, 6) is 1.61. The van der Waals surface area contributed by atoms with Crippen LogP contribution in [0.15, 0.2) is 35.7 Å². The molecule has 0 spiro atoms. The number of ether oxygens (including phenoxy) is 1. The van der Waals surface area contributed by atoms with Crippen molar-refractivity contribution in [1.29, 1.82) is 0 Å². The van der Waals surface area contributed by atoms with E-state index in [4.69, 9.17) is 4.74 Å². The van der Waals surface area contributed by atoms with Gasteiger partial charge in [0.05, 0.1) is 6.04 Å². The Labute approximate surface area is 209 Å². The van der Waals surface area contributed by atoms with Crippen molar-refractivity contribution >= 4 is 23.2 Å². The minimum absolute atomic E-state index is 0.00184. The highest BCUT2D eigenvalue weighted by molar-refractivity contribution is 7.10. The summed E-state index contributed by atoms with van der Waals surface area (Å²) in [5.41, 5.74) is 2.45. The molecule has 2 atom stereocenters. The van der Waals surface area contributed by atoms with Crippen LogP contribution in [0.4, 0.5) is 0 Å². The summed E-state index contributed by atoms with van der Waals surface area (Å²) >= 11 is 1.75. The third kappa shape index (κ3) is 6.41. The number of rotatable bonds is 10. The Morgan fingerprint density at radius 3 is 2.44 bits per heavy atom. The van der Waals surface area contributed by atoms with Crippen molar-refractivity contribution in [3.63, 3.8) is 0 Å². The summed E-state index contributed by atoms with van der Waals surface area (Å²) < 4.78 is 6.19. The van der Waals surface area contributed by atoms with Crippen LogP contribution in [0.2, 0.25) is 0 Å². The lowest BCUT2D eigenvalue weighted by Gasteiger charge is -2.38. The minimum atomic E-state index is -0.147. The van der Waals surface area contributed by atoms with Gasteiger partial charge in [-0.25, -0.2) is 0 Å². The summed E-state index contributed by atoms with van der Waals surface area (Å²) in [6.45, 7) is 13.7. The zero-order valence-corrected chi connectivity index (χ0v) is 22.4. The third-order valence-electron chi connectivity index (χ3n) is 6.70. The van der Waals surface area contributed by atoms with Crippen molar-refractivity contribution < 1.29 is 14.3 Å². The van der Waals surface area contributed by atoms with Gasteiger partial charge in [-0.05, 0) is 66.3 Å². The molecule has 2 aromatic rings. The first-order chi connectivity index (χ1) is 16.2. The Kier molecular flexibility index (Phi) is 9.17. The normalized spacial score (nSPS) is 16.5. The number of carbonyl (C=O) groups is 2. The van der Waals surface area contributed by atoms with E-state index in [1.54, 1.807) is 16.2 Å².